The van der Waals surface area contributed by atoms with Crippen LogP contribution in [0.15, 0.2) is 0 Å². The molecule has 0 aliphatic carbocycles. The molecule has 0 bridgehead atoms. The Kier molecular flexibility index (Phi) is 14.5. The first-order valence-corrected chi connectivity index (χ1v) is 12.1. The van der Waals surface area contributed by atoms with Crippen LogP contribution in [0.4, 0.5) is 0 Å². The Morgan fingerprint density at radius 2 is 1.35 bits per heavy atom. The average molecular weight is 506 g/mol. The Balaban J connectivity index is 5.49. The third-order valence-electron chi connectivity index (χ3n) is 4.79. The van der Waals surface area contributed by atoms with E-state index in [4.69, 9.17) is 16.6 Å². The molecule has 0 fully saturated rings. The first kappa shape index (κ1) is 31.1. The number of carbonyl (C=O) groups excluding carboxylic acids is 4. The normalized spacial score (nSPS) is 14.4. The number of aliphatic carboxylic acids is 2. The van der Waals surface area contributed by atoms with Crippen molar-refractivity contribution in [1.29, 1.82) is 0 Å². The van der Waals surface area contributed by atoms with Crippen molar-refractivity contribution in [2.24, 2.45) is 17.4 Å². The number of carbonyl (C=O) groups is 6. The lowest BCUT2D eigenvalue weighted by atomic mass is 10.0. The Hall–Kier alpha value is -2.87. The zero-order chi connectivity index (χ0) is 26.4. The smallest absolute Gasteiger partial charge is 0.326 e. The van der Waals surface area contributed by atoms with Crippen molar-refractivity contribution in [2.45, 2.75) is 70.1 Å². The lowest BCUT2D eigenvalue weighted by Crippen LogP contribution is -2.57. The highest BCUT2D eigenvalue weighted by Gasteiger charge is 2.31. The largest absolute Gasteiger partial charge is 0.481 e. The number of nitrogens with one attached hydrogen (secondary N) is 3. The van der Waals surface area contributed by atoms with Gasteiger partial charge in [-0.3, -0.25) is 24.0 Å². The summed E-state index contributed by atoms with van der Waals surface area (Å²) in [6.45, 7) is 3.24. The number of nitrogens with two attached hydrogens (primary N) is 2. The molecule has 0 radical (unpaired) electrons. The molecule has 0 saturated heterocycles. The lowest BCUT2D eigenvalue weighted by molar-refractivity contribution is -0.143. The standard InChI is InChI=1S/C20H35N5O8S/c1-10(2)16(20(32)33)25-19(31)13(8-9-34-3)24-18(30)12(5-7-15(27)28)23-17(29)11(21)4-6-14(22)26/h10-13,16H,4-9,21H2,1-3H3,(H2,22,26)(H,23,29)(H,24,30)(H,25,31)(H,27,28)(H,32,33). The lowest BCUT2D eigenvalue weighted by Gasteiger charge is -2.26. The van der Waals surface area contributed by atoms with Crippen molar-refractivity contribution in [1.82, 2.24) is 16.0 Å². The fourth-order valence-corrected chi connectivity index (χ4v) is 3.26. The van der Waals surface area contributed by atoms with Crippen LogP contribution in [-0.4, -0.2) is 82.0 Å². The second-order valence-corrected chi connectivity index (χ2v) is 9.00. The molecule has 0 aliphatic rings. The number of thioether (sulfide) groups is 1. The minimum absolute atomic E-state index is 0.0705. The molecule has 0 heterocycles. The molecule has 4 atom stereocenters. The molecule has 0 aromatic heterocycles. The maximum atomic E-state index is 12.9. The number of carboxylic acids is 2. The highest BCUT2D eigenvalue weighted by atomic mass is 32.2. The van der Waals surface area contributed by atoms with Gasteiger partial charge in [0.1, 0.15) is 18.1 Å². The van der Waals surface area contributed by atoms with Crippen LogP contribution in [0.1, 0.15) is 46.0 Å². The molecular weight excluding hydrogens is 470 g/mol. The van der Waals surface area contributed by atoms with Crippen LogP contribution < -0.4 is 27.4 Å². The van der Waals surface area contributed by atoms with Crippen LogP contribution in [0.25, 0.3) is 0 Å². The van der Waals surface area contributed by atoms with Gasteiger partial charge in [-0.15, -0.1) is 0 Å². The summed E-state index contributed by atoms with van der Waals surface area (Å²) in [4.78, 5) is 71.3. The molecule has 194 valence electrons. The number of rotatable bonds is 17. The maximum absolute atomic E-state index is 12.9. The van der Waals surface area contributed by atoms with Crippen LogP contribution >= 0.6 is 11.8 Å². The molecular formula is C20H35N5O8S. The molecule has 4 unspecified atom stereocenters. The zero-order valence-corrected chi connectivity index (χ0v) is 20.4. The zero-order valence-electron chi connectivity index (χ0n) is 19.5. The van der Waals surface area contributed by atoms with Crippen molar-refractivity contribution in [3.05, 3.63) is 0 Å². The summed E-state index contributed by atoms with van der Waals surface area (Å²) in [6, 6.07) is -4.78. The fourth-order valence-electron chi connectivity index (χ4n) is 2.79. The van der Waals surface area contributed by atoms with Crippen molar-refractivity contribution in [3.8, 4) is 0 Å². The van der Waals surface area contributed by atoms with Gasteiger partial charge in [0.2, 0.25) is 23.6 Å². The molecule has 0 rings (SSSR count). The molecule has 13 nitrogen and oxygen atoms in total. The van der Waals surface area contributed by atoms with Crippen molar-refractivity contribution >= 4 is 47.3 Å². The van der Waals surface area contributed by atoms with Crippen molar-refractivity contribution in [2.75, 3.05) is 12.0 Å². The summed E-state index contributed by atoms with van der Waals surface area (Å²) < 4.78 is 0. The Labute approximate surface area is 202 Å². The third kappa shape index (κ3) is 12.4. The topological polar surface area (TPSA) is 231 Å². The van der Waals surface area contributed by atoms with E-state index in [0.717, 1.165) is 0 Å². The summed E-state index contributed by atoms with van der Waals surface area (Å²) in [7, 11) is 0. The number of carboxylic acid groups (broad SMARTS) is 2. The maximum Gasteiger partial charge on any atom is 0.326 e. The monoisotopic (exact) mass is 505 g/mol. The molecule has 4 amide bonds. The van der Waals surface area contributed by atoms with Crippen LogP contribution in [0.2, 0.25) is 0 Å². The van der Waals surface area contributed by atoms with Crippen LogP contribution in [0.3, 0.4) is 0 Å². The molecule has 0 saturated carbocycles. The second-order valence-electron chi connectivity index (χ2n) is 8.02. The Morgan fingerprint density at radius 3 is 1.82 bits per heavy atom. The SMILES string of the molecule is CSCCC(NC(=O)C(CCC(=O)O)NC(=O)C(N)CCC(N)=O)C(=O)NC(C(=O)O)C(C)C. The predicted octanol–water partition coefficient (Wildman–Crippen LogP) is -1.61. The van der Waals surface area contributed by atoms with Crippen molar-refractivity contribution in [3.63, 3.8) is 0 Å². The summed E-state index contributed by atoms with van der Waals surface area (Å²) in [6.07, 6.45) is 0.993. The minimum atomic E-state index is -1.33. The molecule has 14 heteroatoms. The molecule has 0 aromatic rings. The van der Waals surface area contributed by atoms with Gasteiger partial charge >= 0.3 is 11.9 Å². The molecule has 9 N–H and O–H groups in total. The molecule has 0 spiro atoms. The van der Waals surface area contributed by atoms with Crippen LogP contribution in [-0.2, 0) is 28.8 Å². The van der Waals surface area contributed by atoms with Gasteiger partial charge in [-0.05, 0) is 37.2 Å². The van der Waals surface area contributed by atoms with Gasteiger partial charge in [0, 0.05) is 12.8 Å². The number of hydrogen-bond acceptors (Lipinski definition) is 8. The quantitative estimate of drug-likeness (QED) is 0.119. The van der Waals surface area contributed by atoms with Gasteiger partial charge in [0.25, 0.3) is 0 Å². The Morgan fingerprint density at radius 1 is 0.824 bits per heavy atom. The first-order valence-electron chi connectivity index (χ1n) is 10.7. The average Bonchev–Trinajstić information content (AvgIpc) is 2.74. The van der Waals surface area contributed by atoms with E-state index in [1.54, 1.807) is 20.1 Å². The Bertz CT molecular complexity index is 748. The van der Waals surface area contributed by atoms with Gasteiger partial charge in [-0.25, -0.2) is 4.79 Å². The predicted molar refractivity (Wildman–Crippen MR) is 125 cm³/mol. The van der Waals surface area contributed by atoms with Gasteiger partial charge in [0.05, 0.1) is 6.04 Å². The molecule has 0 aliphatic heterocycles. The van der Waals surface area contributed by atoms with E-state index in [1.807, 2.05) is 0 Å². The van der Waals surface area contributed by atoms with E-state index in [1.165, 1.54) is 11.8 Å². The third-order valence-corrected chi connectivity index (χ3v) is 5.44. The van der Waals surface area contributed by atoms with Crippen LogP contribution in [0, 0.1) is 5.92 Å². The minimum Gasteiger partial charge on any atom is -0.481 e. The van der Waals surface area contributed by atoms with E-state index >= 15 is 0 Å². The highest BCUT2D eigenvalue weighted by molar-refractivity contribution is 7.98. The number of primary amides is 1. The van der Waals surface area contributed by atoms with E-state index in [9.17, 15) is 33.9 Å². The van der Waals surface area contributed by atoms with Gasteiger partial charge in [0.15, 0.2) is 0 Å². The summed E-state index contributed by atoms with van der Waals surface area (Å²) in [5.41, 5.74) is 10.7. The second kappa shape index (κ2) is 15.9. The fraction of sp³-hybridized carbons (Fsp3) is 0.700. The summed E-state index contributed by atoms with van der Waals surface area (Å²) in [5, 5.41) is 25.5. The highest BCUT2D eigenvalue weighted by Crippen LogP contribution is 2.08. The van der Waals surface area contributed by atoms with E-state index in [2.05, 4.69) is 16.0 Å². The van der Waals surface area contributed by atoms with Gasteiger partial charge in [-0.2, -0.15) is 11.8 Å². The first-order chi connectivity index (χ1) is 15.8. The van der Waals surface area contributed by atoms with E-state index in [-0.39, 0.29) is 25.7 Å². The molecule has 34 heavy (non-hydrogen) atoms. The summed E-state index contributed by atoms with van der Waals surface area (Å²) >= 11 is 1.40. The van der Waals surface area contributed by atoms with Gasteiger partial charge in [-0.1, -0.05) is 13.8 Å². The van der Waals surface area contributed by atoms with Crippen LogP contribution in [0.5, 0.6) is 0 Å². The summed E-state index contributed by atoms with van der Waals surface area (Å²) in [5.74, 6) is -5.38. The molecule has 0 aromatic carbocycles. The van der Waals surface area contributed by atoms with E-state index in [0.29, 0.717) is 5.75 Å². The van der Waals surface area contributed by atoms with Gasteiger partial charge < -0.3 is 37.6 Å². The van der Waals surface area contributed by atoms with E-state index < -0.39 is 72.1 Å². The van der Waals surface area contributed by atoms with Crippen molar-refractivity contribution < 1.29 is 39.0 Å². The number of amides is 4. The number of hydrogen-bond donors (Lipinski definition) is 7.